The Bertz CT molecular complexity index is 879. The number of aromatic carboxylic acids is 1. The molecule has 0 saturated heterocycles. The Labute approximate surface area is 216 Å². The standard InChI is InChI=1S/2C15H22O3/c1-3-5-6-9-12(4-2)18-15(17)13-10-7-8-11-14(13)16;1-2-3-4-5-6-9-12-18-14-11-8-7-10-13(14)15(16)17/h7-8,10-12,16H,3-6,9H2,1-2H3;7-8,10-11H,2-6,9,12H2,1H3,(H,16,17). The fraction of sp³-hybridized carbons (Fsp3) is 0.533. The van der Waals surface area contributed by atoms with Crippen LogP contribution in [0.5, 0.6) is 11.5 Å². The van der Waals surface area contributed by atoms with Crippen molar-refractivity contribution in [2.24, 2.45) is 0 Å². The number of unbranched alkanes of at least 4 members (excludes halogenated alkanes) is 7. The van der Waals surface area contributed by atoms with Crippen LogP contribution in [-0.4, -0.2) is 34.9 Å². The van der Waals surface area contributed by atoms with Crippen LogP contribution in [0.4, 0.5) is 0 Å². The smallest absolute Gasteiger partial charge is 0.342 e. The van der Waals surface area contributed by atoms with E-state index in [2.05, 4.69) is 13.8 Å². The summed E-state index contributed by atoms with van der Waals surface area (Å²) in [5.41, 5.74) is 0.481. The molecule has 0 aliphatic heterocycles. The highest BCUT2D eigenvalue weighted by molar-refractivity contribution is 5.92. The van der Waals surface area contributed by atoms with Gasteiger partial charge in [0.15, 0.2) is 0 Å². The summed E-state index contributed by atoms with van der Waals surface area (Å²) in [6.07, 6.45) is 12.2. The van der Waals surface area contributed by atoms with Gasteiger partial charge in [-0.25, -0.2) is 9.59 Å². The van der Waals surface area contributed by atoms with Gasteiger partial charge in [-0.2, -0.15) is 0 Å². The van der Waals surface area contributed by atoms with E-state index >= 15 is 0 Å². The van der Waals surface area contributed by atoms with Crippen molar-refractivity contribution in [3.05, 3.63) is 59.7 Å². The van der Waals surface area contributed by atoms with E-state index in [1.807, 2.05) is 6.92 Å². The number of carbonyl (C=O) groups is 2. The monoisotopic (exact) mass is 500 g/mol. The first kappa shape index (κ1) is 31.0. The van der Waals surface area contributed by atoms with Crippen LogP contribution < -0.4 is 4.74 Å². The number of benzene rings is 2. The summed E-state index contributed by atoms with van der Waals surface area (Å²) in [6.45, 7) is 6.95. The Kier molecular flexibility index (Phi) is 16.5. The molecule has 2 N–H and O–H groups in total. The fourth-order valence-corrected chi connectivity index (χ4v) is 3.66. The summed E-state index contributed by atoms with van der Waals surface area (Å²) < 4.78 is 10.9. The van der Waals surface area contributed by atoms with Crippen molar-refractivity contribution in [2.75, 3.05) is 6.61 Å². The average molecular weight is 501 g/mol. The molecule has 1 unspecified atom stereocenters. The van der Waals surface area contributed by atoms with Crippen molar-refractivity contribution in [3.8, 4) is 11.5 Å². The number of hydrogen-bond donors (Lipinski definition) is 2. The predicted octanol–water partition coefficient (Wildman–Crippen LogP) is 8.03. The quantitative estimate of drug-likeness (QED) is 0.179. The minimum atomic E-state index is -0.937. The van der Waals surface area contributed by atoms with E-state index in [9.17, 15) is 14.7 Å². The summed E-state index contributed by atoms with van der Waals surface area (Å²) in [5.74, 6) is -0.922. The molecule has 0 spiro atoms. The molecule has 6 nitrogen and oxygen atoms in total. The highest BCUT2D eigenvalue weighted by Gasteiger charge is 2.16. The fourth-order valence-electron chi connectivity index (χ4n) is 3.66. The van der Waals surface area contributed by atoms with Gasteiger partial charge in [-0.1, -0.05) is 90.0 Å². The van der Waals surface area contributed by atoms with E-state index in [0.29, 0.717) is 12.4 Å². The Balaban J connectivity index is 0.000000360. The largest absolute Gasteiger partial charge is 0.507 e. The molecule has 0 aliphatic rings. The zero-order chi connectivity index (χ0) is 26.6. The van der Waals surface area contributed by atoms with Crippen molar-refractivity contribution < 1.29 is 29.3 Å². The summed E-state index contributed by atoms with van der Waals surface area (Å²) in [4.78, 5) is 22.8. The van der Waals surface area contributed by atoms with Crippen LogP contribution in [0, 0.1) is 0 Å². The molecule has 0 amide bonds. The van der Waals surface area contributed by atoms with Crippen LogP contribution in [0.25, 0.3) is 0 Å². The van der Waals surface area contributed by atoms with Crippen molar-refractivity contribution in [3.63, 3.8) is 0 Å². The molecule has 1 atom stereocenters. The van der Waals surface area contributed by atoms with Crippen molar-refractivity contribution >= 4 is 11.9 Å². The lowest BCUT2D eigenvalue weighted by Gasteiger charge is -2.16. The van der Waals surface area contributed by atoms with Crippen LogP contribution in [0.3, 0.4) is 0 Å². The number of carboxylic acid groups (broad SMARTS) is 1. The molecule has 6 heteroatoms. The molecular formula is C30H44O6. The molecule has 2 aromatic rings. The zero-order valence-electron chi connectivity index (χ0n) is 22.2. The Morgan fingerprint density at radius 2 is 1.36 bits per heavy atom. The molecule has 0 fully saturated rings. The first-order valence-electron chi connectivity index (χ1n) is 13.4. The summed E-state index contributed by atoms with van der Waals surface area (Å²) in [5, 5.41) is 18.6. The first-order valence-corrected chi connectivity index (χ1v) is 13.4. The number of hydrogen-bond acceptors (Lipinski definition) is 5. The van der Waals surface area contributed by atoms with Gasteiger partial charge in [0.2, 0.25) is 0 Å². The van der Waals surface area contributed by atoms with E-state index in [0.717, 1.165) is 44.9 Å². The summed E-state index contributed by atoms with van der Waals surface area (Å²) in [7, 11) is 0. The van der Waals surface area contributed by atoms with E-state index in [1.165, 1.54) is 31.7 Å². The molecule has 36 heavy (non-hydrogen) atoms. The van der Waals surface area contributed by atoms with Gasteiger partial charge in [0.05, 0.1) is 6.61 Å². The van der Waals surface area contributed by atoms with E-state index in [-0.39, 0.29) is 23.0 Å². The Hall–Kier alpha value is -3.02. The lowest BCUT2D eigenvalue weighted by molar-refractivity contribution is 0.0264. The maximum Gasteiger partial charge on any atom is 0.342 e. The van der Waals surface area contributed by atoms with Gasteiger partial charge in [-0.15, -0.1) is 0 Å². The van der Waals surface area contributed by atoms with Crippen LogP contribution >= 0.6 is 0 Å². The summed E-state index contributed by atoms with van der Waals surface area (Å²) in [6, 6.07) is 13.3. The lowest BCUT2D eigenvalue weighted by atomic mass is 10.1. The van der Waals surface area contributed by atoms with Gasteiger partial charge in [-0.05, 0) is 49.9 Å². The van der Waals surface area contributed by atoms with Crippen molar-refractivity contribution in [1.82, 2.24) is 0 Å². The number of aromatic hydroxyl groups is 1. The van der Waals surface area contributed by atoms with E-state index in [4.69, 9.17) is 14.6 Å². The third kappa shape index (κ3) is 12.6. The average Bonchev–Trinajstić information content (AvgIpc) is 2.88. The van der Waals surface area contributed by atoms with Crippen LogP contribution in [0.2, 0.25) is 0 Å². The van der Waals surface area contributed by atoms with Crippen molar-refractivity contribution in [1.29, 1.82) is 0 Å². The SMILES string of the molecule is CCCCCC(CC)OC(=O)c1ccccc1O.CCCCCCCCOc1ccccc1C(=O)O. The first-order chi connectivity index (χ1) is 17.4. The van der Waals surface area contributed by atoms with Crippen molar-refractivity contribution in [2.45, 2.75) is 97.5 Å². The molecule has 0 aromatic heterocycles. The van der Waals surface area contributed by atoms with Gasteiger partial charge in [0, 0.05) is 0 Å². The number of esters is 1. The molecule has 0 aliphatic carbocycles. The predicted molar refractivity (Wildman–Crippen MR) is 144 cm³/mol. The van der Waals surface area contributed by atoms with E-state index in [1.54, 1.807) is 42.5 Å². The number of phenolic OH excluding ortho intramolecular Hbond substituents is 1. The number of ether oxygens (including phenoxy) is 2. The number of phenols is 1. The zero-order valence-corrected chi connectivity index (χ0v) is 22.2. The van der Waals surface area contributed by atoms with Gasteiger partial charge in [-0.3, -0.25) is 0 Å². The lowest BCUT2D eigenvalue weighted by Crippen LogP contribution is -2.17. The Morgan fingerprint density at radius 1 is 0.778 bits per heavy atom. The Morgan fingerprint density at radius 3 is 2.00 bits per heavy atom. The molecule has 2 aromatic carbocycles. The minimum Gasteiger partial charge on any atom is -0.507 e. The third-order valence-electron chi connectivity index (χ3n) is 5.86. The van der Waals surface area contributed by atoms with Crippen LogP contribution in [0.1, 0.15) is 112 Å². The highest BCUT2D eigenvalue weighted by Crippen LogP contribution is 2.20. The highest BCUT2D eigenvalue weighted by atomic mass is 16.5. The molecule has 2 rings (SSSR count). The second-order valence-corrected chi connectivity index (χ2v) is 8.87. The van der Waals surface area contributed by atoms with Crippen LogP contribution in [-0.2, 0) is 4.74 Å². The second kappa shape index (κ2) is 19.2. The topological polar surface area (TPSA) is 93.1 Å². The molecule has 0 heterocycles. The summed E-state index contributed by atoms with van der Waals surface area (Å²) >= 11 is 0. The van der Waals surface area contributed by atoms with Crippen LogP contribution in [0.15, 0.2) is 48.5 Å². The maximum atomic E-state index is 11.9. The number of carboxylic acids is 1. The third-order valence-corrected chi connectivity index (χ3v) is 5.86. The number of rotatable bonds is 16. The number of carbonyl (C=O) groups excluding carboxylic acids is 1. The number of para-hydroxylation sites is 2. The van der Waals surface area contributed by atoms with Gasteiger partial charge in [0.1, 0.15) is 28.7 Å². The molecule has 0 bridgehead atoms. The van der Waals surface area contributed by atoms with E-state index < -0.39 is 11.9 Å². The molecule has 0 saturated carbocycles. The normalized spacial score (nSPS) is 11.2. The van der Waals surface area contributed by atoms with Gasteiger partial charge >= 0.3 is 11.9 Å². The minimum absolute atomic E-state index is 0.0223. The molecular weight excluding hydrogens is 456 g/mol. The molecule has 200 valence electrons. The maximum absolute atomic E-state index is 11.9. The van der Waals surface area contributed by atoms with Gasteiger partial charge in [0.25, 0.3) is 0 Å². The molecule has 0 radical (unpaired) electrons. The second-order valence-electron chi connectivity index (χ2n) is 8.87. The van der Waals surface area contributed by atoms with Gasteiger partial charge < -0.3 is 19.7 Å².